The van der Waals surface area contributed by atoms with Gasteiger partial charge in [0.05, 0.1) is 11.3 Å². The van der Waals surface area contributed by atoms with E-state index < -0.39 is 11.9 Å². The Balaban J connectivity index is 1.87. The molecule has 1 unspecified atom stereocenters. The van der Waals surface area contributed by atoms with Gasteiger partial charge in [-0.15, -0.1) is 0 Å². The molecule has 0 radical (unpaired) electrons. The summed E-state index contributed by atoms with van der Waals surface area (Å²) in [6.45, 7) is 1.98. The highest BCUT2D eigenvalue weighted by Crippen LogP contribution is 2.33. The molecule has 162 valence electrons. The first-order valence-electron chi connectivity index (χ1n) is 10.2. The number of hydrogen-bond donors (Lipinski definition) is 1. The molecule has 1 N–H and O–H groups in total. The van der Waals surface area contributed by atoms with Crippen LogP contribution in [0.2, 0.25) is 5.02 Å². The van der Waals surface area contributed by atoms with Crippen LogP contribution in [-0.2, 0) is 11.4 Å². The third kappa shape index (κ3) is 4.39. The van der Waals surface area contributed by atoms with Crippen molar-refractivity contribution in [2.45, 2.75) is 25.9 Å². The Kier molecular flexibility index (Phi) is 6.28. The molecule has 0 saturated carbocycles. The van der Waals surface area contributed by atoms with Gasteiger partial charge < -0.3 is 14.3 Å². The van der Waals surface area contributed by atoms with Crippen LogP contribution in [0.5, 0.6) is 5.75 Å². The van der Waals surface area contributed by atoms with Gasteiger partial charge in [0, 0.05) is 10.6 Å². The maximum absolute atomic E-state index is 13.5. The number of carboxylic acid groups (broad SMARTS) is 1. The molecule has 1 heterocycles. The van der Waals surface area contributed by atoms with E-state index in [4.69, 9.17) is 20.8 Å². The maximum atomic E-state index is 13.5. The van der Waals surface area contributed by atoms with Crippen molar-refractivity contribution in [1.29, 1.82) is 0 Å². The van der Waals surface area contributed by atoms with Crippen molar-refractivity contribution in [1.82, 2.24) is 0 Å². The van der Waals surface area contributed by atoms with E-state index in [9.17, 15) is 14.7 Å². The van der Waals surface area contributed by atoms with E-state index in [1.54, 1.807) is 49.4 Å². The molecule has 4 aromatic rings. The number of carboxylic acids is 1. The van der Waals surface area contributed by atoms with Crippen molar-refractivity contribution in [3.63, 3.8) is 0 Å². The van der Waals surface area contributed by atoms with Crippen molar-refractivity contribution in [2.24, 2.45) is 0 Å². The second kappa shape index (κ2) is 9.28. The number of hydrogen-bond acceptors (Lipinski definition) is 4. The summed E-state index contributed by atoms with van der Waals surface area (Å²) in [5.74, 6) is -1.27. The van der Waals surface area contributed by atoms with E-state index in [1.165, 1.54) is 0 Å². The molecule has 0 aliphatic rings. The zero-order valence-electron chi connectivity index (χ0n) is 17.4. The molecule has 3 aromatic carbocycles. The lowest BCUT2D eigenvalue weighted by molar-refractivity contribution is -0.138. The number of aliphatic carboxylic acids is 1. The van der Waals surface area contributed by atoms with Crippen molar-refractivity contribution in [3.8, 4) is 17.1 Å². The maximum Gasteiger partial charge on any atom is 0.310 e. The van der Waals surface area contributed by atoms with Gasteiger partial charge in [-0.05, 0) is 53.9 Å². The van der Waals surface area contributed by atoms with Crippen LogP contribution in [-0.4, -0.2) is 11.1 Å². The number of benzene rings is 3. The number of halogens is 1. The van der Waals surface area contributed by atoms with E-state index in [0.717, 1.165) is 5.56 Å². The van der Waals surface area contributed by atoms with E-state index in [1.807, 2.05) is 30.3 Å². The molecule has 1 aromatic heterocycles. The highest BCUT2D eigenvalue weighted by molar-refractivity contribution is 6.30. The standard InChI is InChI=1S/C26H21ClO5/c1-2-20(26(29)30)18-10-13-22-21(14-18)23(28)25(31-15-16-6-4-3-5-7-16)24(32-22)17-8-11-19(27)12-9-17/h3-14,20H,2,15H2,1H3,(H,29,30). The molecular weight excluding hydrogens is 428 g/mol. The van der Waals surface area contributed by atoms with Crippen LogP contribution in [0.15, 0.2) is 82.0 Å². The van der Waals surface area contributed by atoms with Gasteiger partial charge in [-0.1, -0.05) is 54.9 Å². The van der Waals surface area contributed by atoms with Crippen LogP contribution >= 0.6 is 11.6 Å². The van der Waals surface area contributed by atoms with Crippen LogP contribution in [0.4, 0.5) is 0 Å². The van der Waals surface area contributed by atoms with Crippen molar-refractivity contribution in [2.75, 3.05) is 0 Å². The first kappa shape index (κ1) is 21.7. The minimum absolute atomic E-state index is 0.0733. The first-order valence-corrected chi connectivity index (χ1v) is 10.6. The van der Waals surface area contributed by atoms with Crippen LogP contribution < -0.4 is 10.2 Å². The predicted octanol–water partition coefficient (Wildman–Crippen LogP) is 6.27. The van der Waals surface area contributed by atoms with Crippen LogP contribution in [0.3, 0.4) is 0 Å². The molecule has 0 bridgehead atoms. The molecular formula is C26H21ClO5. The smallest absolute Gasteiger partial charge is 0.310 e. The van der Waals surface area contributed by atoms with Gasteiger partial charge in [-0.3, -0.25) is 9.59 Å². The second-order valence-electron chi connectivity index (χ2n) is 7.43. The normalized spacial score (nSPS) is 11.9. The molecule has 0 aliphatic carbocycles. The molecule has 1 atom stereocenters. The van der Waals surface area contributed by atoms with Crippen molar-refractivity contribution in [3.05, 3.63) is 99.2 Å². The monoisotopic (exact) mass is 448 g/mol. The summed E-state index contributed by atoms with van der Waals surface area (Å²) in [5, 5.41) is 10.4. The Morgan fingerprint density at radius 3 is 2.44 bits per heavy atom. The Hall–Kier alpha value is -3.57. The summed E-state index contributed by atoms with van der Waals surface area (Å²) < 4.78 is 12.1. The summed E-state index contributed by atoms with van der Waals surface area (Å²) in [7, 11) is 0. The predicted molar refractivity (Wildman–Crippen MR) is 124 cm³/mol. The fraction of sp³-hybridized carbons (Fsp3) is 0.154. The Morgan fingerprint density at radius 1 is 1.06 bits per heavy atom. The zero-order chi connectivity index (χ0) is 22.7. The molecule has 4 rings (SSSR count). The fourth-order valence-electron chi connectivity index (χ4n) is 3.62. The SMILES string of the molecule is CCC(C(=O)O)c1ccc2oc(-c3ccc(Cl)cc3)c(OCc3ccccc3)c(=O)c2c1. The van der Waals surface area contributed by atoms with E-state index in [2.05, 4.69) is 0 Å². The van der Waals surface area contributed by atoms with E-state index >= 15 is 0 Å². The summed E-state index contributed by atoms with van der Waals surface area (Å²) in [6, 6.07) is 21.3. The topological polar surface area (TPSA) is 76.7 Å². The average molecular weight is 449 g/mol. The Labute approximate surface area is 189 Å². The number of carbonyl (C=O) groups is 1. The third-order valence-corrected chi connectivity index (χ3v) is 5.57. The summed E-state index contributed by atoms with van der Waals surface area (Å²) in [6.07, 6.45) is 0.409. The van der Waals surface area contributed by atoms with Gasteiger partial charge in [0.15, 0.2) is 5.76 Å². The molecule has 5 nitrogen and oxygen atoms in total. The summed E-state index contributed by atoms with van der Waals surface area (Å²) >= 11 is 6.02. The molecule has 0 fully saturated rings. The Morgan fingerprint density at radius 2 is 1.78 bits per heavy atom. The molecule has 0 saturated heterocycles. The van der Waals surface area contributed by atoms with Crippen LogP contribution in [0, 0.1) is 0 Å². The van der Waals surface area contributed by atoms with Gasteiger partial charge in [0.1, 0.15) is 12.2 Å². The average Bonchev–Trinajstić information content (AvgIpc) is 2.80. The number of rotatable bonds is 7. The van der Waals surface area contributed by atoms with Gasteiger partial charge in [-0.25, -0.2) is 0 Å². The highest BCUT2D eigenvalue weighted by atomic mass is 35.5. The zero-order valence-corrected chi connectivity index (χ0v) is 18.1. The van der Waals surface area contributed by atoms with Crippen LogP contribution in [0.1, 0.15) is 30.4 Å². The Bertz CT molecular complexity index is 1310. The number of ether oxygens (including phenoxy) is 1. The minimum Gasteiger partial charge on any atom is -0.481 e. The van der Waals surface area contributed by atoms with Crippen molar-refractivity contribution < 1.29 is 19.1 Å². The summed E-state index contributed by atoms with van der Waals surface area (Å²) in [4.78, 5) is 25.1. The second-order valence-corrected chi connectivity index (χ2v) is 7.86. The fourth-order valence-corrected chi connectivity index (χ4v) is 3.74. The lowest BCUT2D eigenvalue weighted by atomic mass is 9.95. The van der Waals surface area contributed by atoms with Crippen LogP contribution in [0.25, 0.3) is 22.3 Å². The minimum atomic E-state index is -0.936. The highest BCUT2D eigenvalue weighted by Gasteiger charge is 2.22. The van der Waals surface area contributed by atoms with E-state index in [-0.39, 0.29) is 23.2 Å². The lowest BCUT2D eigenvalue weighted by Crippen LogP contribution is -2.13. The first-order chi connectivity index (χ1) is 15.5. The quantitative estimate of drug-likeness (QED) is 0.360. The van der Waals surface area contributed by atoms with Gasteiger partial charge >= 0.3 is 5.97 Å². The molecule has 0 spiro atoms. The van der Waals surface area contributed by atoms with Crippen molar-refractivity contribution >= 4 is 28.5 Å². The number of fused-ring (bicyclic) bond motifs is 1. The molecule has 32 heavy (non-hydrogen) atoms. The largest absolute Gasteiger partial charge is 0.481 e. The van der Waals surface area contributed by atoms with Gasteiger partial charge in [-0.2, -0.15) is 0 Å². The third-order valence-electron chi connectivity index (χ3n) is 5.31. The van der Waals surface area contributed by atoms with Gasteiger partial charge in [0.25, 0.3) is 0 Å². The summed E-state index contributed by atoms with van der Waals surface area (Å²) in [5.41, 5.74) is 2.11. The van der Waals surface area contributed by atoms with Gasteiger partial charge in [0.2, 0.25) is 11.2 Å². The molecule has 0 amide bonds. The molecule has 6 heteroatoms. The lowest BCUT2D eigenvalue weighted by Gasteiger charge is -2.14. The van der Waals surface area contributed by atoms with E-state index in [0.29, 0.717) is 33.9 Å². The molecule has 0 aliphatic heterocycles.